The van der Waals surface area contributed by atoms with E-state index in [1.165, 1.54) is 16.7 Å². The van der Waals surface area contributed by atoms with Gasteiger partial charge in [0.1, 0.15) is 5.65 Å². The SMILES string of the molecule is CC1=C(c2cnc3[nH]cc(-c4ccn5ncc(-c6cnn(C)c6)c5c4)c3c2)C=CC(C)C1.[HH]. The van der Waals surface area contributed by atoms with Crippen molar-refractivity contribution in [1.29, 1.82) is 0 Å². The van der Waals surface area contributed by atoms with E-state index in [0.29, 0.717) is 5.92 Å². The molecule has 5 heterocycles. The molecule has 6 heteroatoms. The number of allylic oxidation sites excluding steroid dienone is 4. The molecule has 32 heavy (non-hydrogen) atoms. The highest BCUT2D eigenvalue weighted by Gasteiger charge is 2.15. The first kappa shape index (κ1) is 18.8. The Balaban J connectivity index is 0.00000228. The minimum absolute atomic E-state index is 0. The van der Waals surface area contributed by atoms with Crippen molar-refractivity contribution in [3.8, 4) is 22.3 Å². The van der Waals surface area contributed by atoms with E-state index < -0.39 is 0 Å². The van der Waals surface area contributed by atoms with E-state index in [2.05, 4.69) is 59.4 Å². The third kappa shape index (κ3) is 2.99. The number of pyridine rings is 2. The van der Waals surface area contributed by atoms with Crippen LogP contribution in [-0.2, 0) is 7.05 Å². The molecule has 160 valence electrons. The summed E-state index contributed by atoms with van der Waals surface area (Å²) >= 11 is 0. The van der Waals surface area contributed by atoms with Crippen molar-refractivity contribution in [3.05, 3.63) is 78.7 Å². The topological polar surface area (TPSA) is 63.8 Å². The fourth-order valence-corrected chi connectivity index (χ4v) is 4.73. The fourth-order valence-electron chi connectivity index (χ4n) is 4.73. The zero-order valence-corrected chi connectivity index (χ0v) is 18.4. The molecular weight excluding hydrogens is 396 g/mol. The Kier molecular flexibility index (Phi) is 4.15. The molecule has 1 unspecified atom stereocenters. The van der Waals surface area contributed by atoms with Crippen LogP contribution in [0.1, 0.15) is 27.3 Å². The van der Waals surface area contributed by atoms with Crippen molar-refractivity contribution in [2.45, 2.75) is 20.3 Å². The van der Waals surface area contributed by atoms with E-state index in [1.54, 1.807) is 0 Å². The summed E-state index contributed by atoms with van der Waals surface area (Å²) in [5.41, 5.74) is 10.2. The Morgan fingerprint density at radius 1 is 1.06 bits per heavy atom. The highest BCUT2D eigenvalue weighted by molar-refractivity contribution is 5.97. The second kappa shape index (κ2) is 7.05. The summed E-state index contributed by atoms with van der Waals surface area (Å²) in [7, 11) is 1.93. The van der Waals surface area contributed by atoms with E-state index >= 15 is 0 Å². The van der Waals surface area contributed by atoms with Crippen molar-refractivity contribution in [1.82, 2.24) is 29.4 Å². The van der Waals surface area contributed by atoms with Gasteiger partial charge < -0.3 is 4.98 Å². The second-order valence-corrected chi connectivity index (χ2v) is 8.76. The lowest BCUT2D eigenvalue weighted by atomic mass is 9.88. The lowest BCUT2D eigenvalue weighted by Crippen LogP contribution is -2.00. The van der Waals surface area contributed by atoms with E-state index in [9.17, 15) is 0 Å². The number of hydrogen-bond acceptors (Lipinski definition) is 3. The maximum Gasteiger partial charge on any atom is 0.137 e. The Morgan fingerprint density at radius 3 is 2.78 bits per heavy atom. The predicted molar refractivity (Wildman–Crippen MR) is 130 cm³/mol. The van der Waals surface area contributed by atoms with Crippen LogP contribution in [0.2, 0.25) is 0 Å². The molecular formula is C26H26N6. The van der Waals surface area contributed by atoms with Crippen LogP contribution in [0.4, 0.5) is 0 Å². The molecule has 0 radical (unpaired) electrons. The smallest absolute Gasteiger partial charge is 0.137 e. The third-order valence-corrected chi connectivity index (χ3v) is 6.37. The number of aromatic nitrogens is 6. The van der Waals surface area contributed by atoms with Gasteiger partial charge in [-0.15, -0.1) is 0 Å². The molecule has 0 fully saturated rings. The average molecular weight is 423 g/mol. The Morgan fingerprint density at radius 2 is 1.97 bits per heavy atom. The Bertz CT molecular complexity index is 1550. The van der Waals surface area contributed by atoms with Crippen LogP contribution in [0, 0.1) is 5.92 Å². The fraction of sp³-hybridized carbons (Fsp3) is 0.192. The highest BCUT2D eigenvalue weighted by Crippen LogP contribution is 2.35. The second-order valence-electron chi connectivity index (χ2n) is 8.76. The van der Waals surface area contributed by atoms with E-state index in [-0.39, 0.29) is 1.43 Å². The van der Waals surface area contributed by atoms with Crippen LogP contribution in [0.3, 0.4) is 0 Å². The molecule has 5 aromatic heterocycles. The largest absolute Gasteiger partial charge is 0.346 e. The first-order valence-corrected chi connectivity index (χ1v) is 10.9. The molecule has 0 amide bonds. The van der Waals surface area contributed by atoms with Gasteiger partial charge in [-0.2, -0.15) is 10.2 Å². The van der Waals surface area contributed by atoms with Gasteiger partial charge in [0.15, 0.2) is 0 Å². The molecule has 0 saturated heterocycles. The number of nitrogens with zero attached hydrogens (tertiary/aromatic N) is 5. The molecule has 5 aromatic rings. The number of nitrogens with one attached hydrogen (secondary N) is 1. The normalized spacial score (nSPS) is 16.5. The molecule has 0 aromatic carbocycles. The standard InChI is InChI=1S/C26H24N6.H2/c1-16-4-5-21(17(2)8-16)19-9-22-23(13-28-26(22)27-11-19)18-6-7-32-25(10-18)24(14-30-32)20-12-29-31(3)15-20;/h4-7,9-16H,8H2,1-3H3,(H,27,28);1H. The van der Waals surface area contributed by atoms with Gasteiger partial charge >= 0.3 is 0 Å². The number of aryl methyl sites for hydroxylation is 1. The van der Waals surface area contributed by atoms with Crippen LogP contribution in [0.5, 0.6) is 0 Å². The van der Waals surface area contributed by atoms with Crippen molar-refractivity contribution < 1.29 is 1.43 Å². The summed E-state index contributed by atoms with van der Waals surface area (Å²) in [4.78, 5) is 8.07. The number of hydrogen-bond donors (Lipinski definition) is 1. The van der Waals surface area contributed by atoms with Crippen molar-refractivity contribution in [3.63, 3.8) is 0 Å². The molecule has 6 rings (SSSR count). The molecule has 1 N–H and O–H groups in total. The molecule has 1 atom stereocenters. The van der Waals surface area contributed by atoms with Crippen LogP contribution in [0.15, 0.2) is 73.1 Å². The maximum absolute atomic E-state index is 4.72. The quantitative estimate of drug-likeness (QED) is 0.394. The van der Waals surface area contributed by atoms with Crippen LogP contribution >= 0.6 is 0 Å². The summed E-state index contributed by atoms with van der Waals surface area (Å²) in [5, 5.41) is 9.97. The van der Waals surface area contributed by atoms with Gasteiger partial charge in [0.05, 0.1) is 17.9 Å². The van der Waals surface area contributed by atoms with Gasteiger partial charge in [-0.25, -0.2) is 9.50 Å². The van der Waals surface area contributed by atoms with E-state index in [0.717, 1.165) is 45.2 Å². The maximum atomic E-state index is 4.72. The van der Waals surface area contributed by atoms with Gasteiger partial charge in [-0.05, 0) is 48.6 Å². The first-order chi connectivity index (χ1) is 15.6. The van der Waals surface area contributed by atoms with Gasteiger partial charge in [0.25, 0.3) is 0 Å². The number of H-pyrrole nitrogens is 1. The molecule has 0 spiro atoms. The van der Waals surface area contributed by atoms with E-state index in [1.807, 2.05) is 53.4 Å². The summed E-state index contributed by atoms with van der Waals surface area (Å²) < 4.78 is 3.72. The summed E-state index contributed by atoms with van der Waals surface area (Å²) in [6.07, 6.45) is 17.5. The first-order valence-electron chi connectivity index (χ1n) is 10.9. The zero-order chi connectivity index (χ0) is 21.8. The molecule has 0 aliphatic heterocycles. The molecule has 1 aliphatic carbocycles. The lowest BCUT2D eigenvalue weighted by molar-refractivity contribution is 0.710. The van der Waals surface area contributed by atoms with Gasteiger partial charge in [-0.3, -0.25) is 4.68 Å². The van der Waals surface area contributed by atoms with Gasteiger partial charge in [0, 0.05) is 60.9 Å². The van der Waals surface area contributed by atoms with Gasteiger partial charge in [0.2, 0.25) is 0 Å². The zero-order valence-electron chi connectivity index (χ0n) is 18.4. The molecule has 6 nitrogen and oxygen atoms in total. The average Bonchev–Trinajstić information content (AvgIpc) is 3.50. The van der Waals surface area contributed by atoms with Crippen molar-refractivity contribution in [2.24, 2.45) is 13.0 Å². The Labute approximate surface area is 187 Å². The van der Waals surface area contributed by atoms with E-state index in [4.69, 9.17) is 4.98 Å². The predicted octanol–water partition coefficient (Wildman–Crippen LogP) is 5.89. The lowest BCUT2D eigenvalue weighted by Gasteiger charge is -2.17. The van der Waals surface area contributed by atoms with Crippen LogP contribution in [-0.4, -0.2) is 29.4 Å². The van der Waals surface area contributed by atoms with Crippen molar-refractivity contribution in [2.75, 3.05) is 0 Å². The summed E-state index contributed by atoms with van der Waals surface area (Å²) in [6, 6.07) is 6.56. The number of aromatic amines is 1. The molecule has 1 aliphatic rings. The Hall–Kier alpha value is -3.93. The van der Waals surface area contributed by atoms with Crippen LogP contribution in [0.25, 0.3) is 44.4 Å². The third-order valence-electron chi connectivity index (χ3n) is 6.37. The minimum atomic E-state index is 0. The molecule has 0 bridgehead atoms. The summed E-state index contributed by atoms with van der Waals surface area (Å²) in [6.45, 7) is 4.49. The van der Waals surface area contributed by atoms with Gasteiger partial charge in [-0.1, -0.05) is 24.6 Å². The van der Waals surface area contributed by atoms with Crippen LogP contribution < -0.4 is 0 Å². The minimum Gasteiger partial charge on any atom is -0.346 e. The van der Waals surface area contributed by atoms with Crippen molar-refractivity contribution >= 4 is 22.1 Å². The molecule has 0 saturated carbocycles. The summed E-state index contributed by atoms with van der Waals surface area (Å²) in [5.74, 6) is 0.592. The number of rotatable bonds is 3. The monoisotopic (exact) mass is 422 g/mol. The highest BCUT2D eigenvalue weighted by atomic mass is 15.2. The number of fused-ring (bicyclic) bond motifs is 2.